The van der Waals surface area contributed by atoms with Gasteiger partial charge < -0.3 is 0 Å². The van der Waals surface area contributed by atoms with Gasteiger partial charge in [0.15, 0.2) is 6.67 Å². The molecule has 1 aliphatic rings. The number of amidine groups is 1. The summed E-state index contributed by atoms with van der Waals surface area (Å²) in [5.74, 6) is 0.240. The second-order valence-corrected chi connectivity index (χ2v) is 6.37. The summed E-state index contributed by atoms with van der Waals surface area (Å²) in [6, 6.07) is 10.0. The molecule has 0 saturated carbocycles. The standard InChI is InChI=1S/C16H11Cl3N4O2/c17-9-4-5-13-10(6-9)16(15-11(18)2-1-3-12(15)19)23(25)7-14(22-13)20-8-21-24/h1-6,25H,7-8H2/b20-14-. The number of nitroso groups, excluding NO2 is 1. The van der Waals surface area contributed by atoms with Crippen molar-refractivity contribution >= 4 is 46.3 Å². The molecule has 3 rings (SSSR count). The van der Waals surface area contributed by atoms with Crippen LogP contribution in [0.1, 0.15) is 5.56 Å². The first-order valence-electron chi connectivity index (χ1n) is 7.13. The quantitative estimate of drug-likeness (QED) is 0.808. The van der Waals surface area contributed by atoms with Gasteiger partial charge in [0, 0.05) is 15.8 Å². The lowest BCUT2D eigenvalue weighted by Crippen LogP contribution is -2.32. The SMILES string of the molecule is O=NC/N=C1/CN(O)C(c2c(Cl)cccc2Cl)=c2cc(Cl)ccc2=N1. The number of benzene rings is 2. The summed E-state index contributed by atoms with van der Waals surface area (Å²) in [6.45, 7) is -0.365. The predicted octanol–water partition coefficient (Wildman–Crippen LogP) is 3.25. The molecule has 25 heavy (non-hydrogen) atoms. The third-order valence-electron chi connectivity index (χ3n) is 3.52. The van der Waals surface area contributed by atoms with Gasteiger partial charge in [-0.1, -0.05) is 40.9 Å². The molecule has 0 bridgehead atoms. The molecule has 0 unspecified atom stereocenters. The minimum atomic E-state index is -0.294. The van der Waals surface area contributed by atoms with Crippen LogP contribution in [-0.4, -0.2) is 29.3 Å². The van der Waals surface area contributed by atoms with Gasteiger partial charge in [-0.15, -0.1) is 4.91 Å². The number of fused-ring (bicyclic) bond motifs is 1. The molecule has 0 fully saturated rings. The topological polar surface area (TPSA) is 77.6 Å². The summed E-state index contributed by atoms with van der Waals surface area (Å²) in [7, 11) is 0. The lowest BCUT2D eigenvalue weighted by atomic mass is 10.1. The maximum absolute atomic E-state index is 10.6. The largest absolute Gasteiger partial charge is 0.288 e. The molecule has 0 atom stereocenters. The van der Waals surface area contributed by atoms with Crippen molar-refractivity contribution in [2.45, 2.75) is 0 Å². The smallest absolute Gasteiger partial charge is 0.173 e. The lowest BCUT2D eigenvalue weighted by molar-refractivity contribution is -0.0120. The van der Waals surface area contributed by atoms with E-state index in [2.05, 4.69) is 15.2 Å². The Balaban J connectivity index is 2.40. The van der Waals surface area contributed by atoms with E-state index in [0.717, 1.165) is 5.06 Å². The van der Waals surface area contributed by atoms with Gasteiger partial charge in [0.05, 0.1) is 21.1 Å². The van der Waals surface area contributed by atoms with Crippen LogP contribution >= 0.6 is 34.8 Å². The Bertz CT molecular complexity index is 971. The monoisotopic (exact) mass is 396 g/mol. The van der Waals surface area contributed by atoms with Crippen LogP contribution in [-0.2, 0) is 0 Å². The maximum atomic E-state index is 10.6. The van der Waals surface area contributed by atoms with Crippen LogP contribution in [0.15, 0.2) is 51.6 Å². The van der Waals surface area contributed by atoms with Crippen molar-refractivity contribution in [1.82, 2.24) is 5.06 Å². The Kier molecular flexibility index (Phi) is 5.34. The summed E-state index contributed by atoms with van der Waals surface area (Å²) in [5, 5.41) is 16.5. The van der Waals surface area contributed by atoms with Gasteiger partial charge in [-0.2, -0.15) is 0 Å². The van der Waals surface area contributed by atoms with E-state index < -0.39 is 0 Å². The van der Waals surface area contributed by atoms with Crippen molar-refractivity contribution in [2.75, 3.05) is 13.2 Å². The molecule has 6 nitrogen and oxygen atoms in total. The molecule has 0 radical (unpaired) electrons. The highest BCUT2D eigenvalue weighted by atomic mass is 35.5. The highest BCUT2D eigenvalue weighted by Gasteiger charge is 2.21. The second-order valence-electron chi connectivity index (χ2n) is 5.12. The molecule has 0 spiro atoms. The first-order valence-corrected chi connectivity index (χ1v) is 8.26. The first-order chi connectivity index (χ1) is 12.0. The molecule has 2 aromatic carbocycles. The molecule has 2 aromatic rings. The van der Waals surface area contributed by atoms with Crippen LogP contribution in [0.2, 0.25) is 15.1 Å². The van der Waals surface area contributed by atoms with Crippen molar-refractivity contribution < 1.29 is 5.21 Å². The Labute approximate surface area is 157 Å². The Hall–Kier alpha value is -1.99. The minimum Gasteiger partial charge on any atom is -0.288 e. The zero-order valence-corrected chi connectivity index (χ0v) is 14.9. The average molecular weight is 398 g/mol. The molecule has 128 valence electrons. The third-order valence-corrected chi connectivity index (χ3v) is 4.39. The summed E-state index contributed by atoms with van der Waals surface area (Å²) >= 11 is 18.8. The van der Waals surface area contributed by atoms with Crippen molar-refractivity contribution in [3.8, 4) is 0 Å². The molecule has 0 amide bonds. The molecule has 9 heteroatoms. The van der Waals surface area contributed by atoms with Crippen LogP contribution in [0.5, 0.6) is 0 Å². The third kappa shape index (κ3) is 3.67. The van der Waals surface area contributed by atoms with Gasteiger partial charge in [0.1, 0.15) is 12.4 Å². The van der Waals surface area contributed by atoms with E-state index >= 15 is 0 Å². The van der Waals surface area contributed by atoms with Gasteiger partial charge in [-0.25, -0.2) is 15.0 Å². The van der Waals surface area contributed by atoms with Gasteiger partial charge in [-0.3, -0.25) is 5.21 Å². The van der Waals surface area contributed by atoms with Crippen LogP contribution in [0, 0.1) is 4.91 Å². The maximum Gasteiger partial charge on any atom is 0.173 e. The summed E-state index contributed by atoms with van der Waals surface area (Å²) in [6.07, 6.45) is 0. The predicted molar refractivity (Wildman–Crippen MR) is 97.8 cm³/mol. The zero-order chi connectivity index (χ0) is 18.0. The average Bonchev–Trinajstić information content (AvgIpc) is 2.70. The molecule has 1 aliphatic heterocycles. The Morgan fingerprint density at radius 1 is 1.16 bits per heavy atom. The van der Waals surface area contributed by atoms with E-state index in [1.165, 1.54) is 0 Å². The molecule has 0 aliphatic carbocycles. The summed E-state index contributed by atoms with van der Waals surface area (Å²) in [4.78, 5) is 18.7. The van der Waals surface area contributed by atoms with E-state index in [0.29, 0.717) is 36.9 Å². The molecule has 1 N–H and O–H groups in total. The van der Waals surface area contributed by atoms with E-state index in [-0.39, 0.29) is 19.0 Å². The van der Waals surface area contributed by atoms with Crippen molar-refractivity contribution in [1.29, 1.82) is 0 Å². The number of aliphatic imine (C=N–C) groups is 1. The number of hydrogen-bond donors (Lipinski definition) is 1. The van der Waals surface area contributed by atoms with E-state index in [1.54, 1.807) is 36.4 Å². The highest BCUT2D eigenvalue weighted by Crippen LogP contribution is 2.31. The molecule has 1 heterocycles. The molecular formula is C16H11Cl3N4O2. The van der Waals surface area contributed by atoms with Crippen molar-refractivity contribution in [3.63, 3.8) is 0 Å². The first kappa shape index (κ1) is 17.8. The van der Waals surface area contributed by atoms with Crippen molar-refractivity contribution in [2.24, 2.45) is 15.2 Å². The fourth-order valence-corrected chi connectivity index (χ4v) is 3.25. The van der Waals surface area contributed by atoms with Crippen LogP contribution in [0.3, 0.4) is 0 Å². The van der Waals surface area contributed by atoms with Crippen molar-refractivity contribution in [3.05, 3.63) is 72.5 Å². The molecule has 0 aromatic heterocycles. The van der Waals surface area contributed by atoms with Crippen LogP contribution in [0.25, 0.3) is 5.70 Å². The fraction of sp³-hybridized carbons (Fsp3) is 0.125. The van der Waals surface area contributed by atoms with Gasteiger partial charge in [0.2, 0.25) is 0 Å². The zero-order valence-electron chi connectivity index (χ0n) is 12.7. The summed E-state index contributed by atoms with van der Waals surface area (Å²) in [5.41, 5.74) is 0.794. The van der Waals surface area contributed by atoms with Gasteiger partial charge in [0.25, 0.3) is 0 Å². The Morgan fingerprint density at radius 2 is 1.88 bits per heavy atom. The minimum absolute atomic E-state index is 0.0707. The number of rotatable bonds is 3. The highest BCUT2D eigenvalue weighted by molar-refractivity contribution is 6.37. The van der Waals surface area contributed by atoms with E-state index in [9.17, 15) is 10.1 Å². The van der Waals surface area contributed by atoms with Crippen LogP contribution in [0.4, 0.5) is 0 Å². The number of nitrogens with zero attached hydrogens (tertiary/aromatic N) is 4. The van der Waals surface area contributed by atoms with E-state index in [1.807, 2.05) is 0 Å². The second kappa shape index (κ2) is 7.49. The van der Waals surface area contributed by atoms with Gasteiger partial charge >= 0.3 is 0 Å². The number of halogens is 3. The number of hydroxylamine groups is 2. The number of hydrogen-bond acceptors (Lipinski definition) is 5. The molecular weight excluding hydrogens is 387 g/mol. The molecule has 0 saturated heterocycles. The lowest BCUT2D eigenvalue weighted by Gasteiger charge is -2.21. The van der Waals surface area contributed by atoms with E-state index in [4.69, 9.17) is 34.8 Å². The fourth-order valence-electron chi connectivity index (χ4n) is 2.51. The van der Waals surface area contributed by atoms with Gasteiger partial charge in [-0.05, 0) is 35.5 Å². The normalized spacial score (nSPS) is 15.6. The van der Waals surface area contributed by atoms with Crippen LogP contribution < -0.4 is 10.6 Å². The Morgan fingerprint density at radius 3 is 2.56 bits per heavy atom. The summed E-state index contributed by atoms with van der Waals surface area (Å²) < 4.78 is 0.